The molecule has 3 nitrogen and oxygen atoms in total. The van der Waals surface area contributed by atoms with E-state index in [0.717, 1.165) is 12.2 Å². The van der Waals surface area contributed by atoms with Gasteiger partial charge in [0.25, 0.3) is 0 Å². The molecule has 0 amide bonds. The van der Waals surface area contributed by atoms with Gasteiger partial charge < -0.3 is 9.84 Å². The second-order valence-electron chi connectivity index (χ2n) is 3.56. The zero-order valence-electron chi connectivity index (χ0n) is 8.36. The number of ether oxygens (including phenoxy) is 1. The highest BCUT2D eigenvalue weighted by atomic mass is 19.4. The smallest absolute Gasteiger partial charge is 0.399 e. The minimum atomic E-state index is -4.62. The van der Waals surface area contributed by atoms with Crippen LogP contribution in [0.25, 0.3) is 0 Å². The van der Waals surface area contributed by atoms with Crippen LogP contribution in [0.15, 0.2) is 47.5 Å². The topological polar surface area (TPSA) is 46.5 Å². The average Bonchev–Trinajstić information content (AvgIpc) is 2.26. The fourth-order valence-electron chi connectivity index (χ4n) is 1.65. The van der Waals surface area contributed by atoms with Gasteiger partial charge in [0, 0.05) is 5.57 Å². The van der Waals surface area contributed by atoms with Gasteiger partial charge in [-0.2, -0.15) is 13.2 Å². The van der Waals surface area contributed by atoms with E-state index in [0.29, 0.717) is 11.1 Å². The first kappa shape index (κ1) is 11.5. The molecule has 0 fully saturated rings. The zero-order chi connectivity index (χ0) is 12.6. The van der Waals surface area contributed by atoms with Crippen LogP contribution in [0.2, 0.25) is 0 Å². The summed E-state index contributed by atoms with van der Waals surface area (Å²) < 4.78 is 42.8. The molecule has 1 aliphatic heterocycles. The molecule has 2 rings (SSSR count). The summed E-state index contributed by atoms with van der Waals surface area (Å²) in [5, 5.41) is 8.78. The number of hydrogen-bond acceptors (Lipinski definition) is 2. The van der Waals surface area contributed by atoms with Crippen molar-refractivity contribution in [3.8, 4) is 0 Å². The Morgan fingerprint density at radius 2 is 2.06 bits per heavy atom. The molecule has 1 heterocycles. The van der Waals surface area contributed by atoms with E-state index in [1.165, 1.54) is 18.6 Å². The number of aliphatic carboxylic acids is 1. The number of rotatable bonds is 1. The Morgan fingerprint density at radius 1 is 1.35 bits per heavy atom. The first-order valence-corrected chi connectivity index (χ1v) is 4.65. The fourth-order valence-corrected chi connectivity index (χ4v) is 1.65. The lowest BCUT2D eigenvalue weighted by atomic mass is 9.86. The van der Waals surface area contributed by atoms with E-state index in [9.17, 15) is 18.0 Å². The molecule has 0 saturated carbocycles. The number of carbonyl (C=O) groups is 1. The van der Waals surface area contributed by atoms with Gasteiger partial charge in [0.05, 0.1) is 18.1 Å². The molecular formula is C11H7F3O3. The Morgan fingerprint density at radius 3 is 2.65 bits per heavy atom. The number of carboxylic acids is 1. The third kappa shape index (κ3) is 2.11. The quantitative estimate of drug-likeness (QED) is 0.771. The van der Waals surface area contributed by atoms with Crippen LogP contribution in [0.5, 0.6) is 0 Å². The summed E-state index contributed by atoms with van der Waals surface area (Å²) in [6.07, 6.45) is 1.06. The van der Waals surface area contributed by atoms with E-state index in [-0.39, 0.29) is 0 Å². The molecule has 90 valence electrons. The van der Waals surface area contributed by atoms with Crippen LogP contribution in [0, 0.1) is 5.92 Å². The molecule has 1 N–H and O–H groups in total. The number of halogens is 3. The Hall–Kier alpha value is -1.98. The molecule has 0 aromatic heterocycles. The van der Waals surface area contributed by atoms with Gasteiger partial charge in [-0.15, -0.1) is 0 Å². The predicted octanol–water partition coefficient (Wildman–Crippen LogP) is 2.54. The van der Waals surface area contributed by atoms with Crippen LogP contribution < -0.4 is 0 Å². The molecule has 0 saturated heterocycles. The van der Waals surface area contributed by atoms with E-state index < -0.39 is 23.6 Å². The Bertz CT molecular complexity index is 481. The van der Waals surface area contributed by atoms with Gasteiger partial charge in [-0.05, 0) is 17.7 Å². The summed E-state index contributed by atoms with van der Waals surface area (Å²) in [7, 11) is 0. The normalized spacial score (nSPS) is 23.0. The third-order valence-electron chi connectivity index (χ3n) is 2.45. The van der Waals surface area contributed by atoms with Crippen molar-refractivity contribution in [3.05, 3.63) is 47.5 Å². The second-order valence-corrected chi connectivity index (χ2v) is 3.56. The van der Waals surface area contributed by atoms with Crippen molar-refractivity contribution in [2.24, 2.45) is 5.92 Å². The number of hydrogen-bond donors (Lipinski definition) is 1. The van der Waals surface area contributed by atoms with E-state index in [1.807, 2.05) is 0 Å². The van der Waals surface area contributed by atoms with Crippen molar-refractivity contribution in [1.82, 2.24) is 0 Å². The van der Waals surface area contributed by atoms with Gasteiger partial charge in [-0.1, -0.05) is 6.08 Å². The van der Waals surface area contributed by atoms with Crippen LogP contribution in [-0.2, 0) is 9.53 Å². The third-order valence-corrected chi connectivity index (χ3v) is 2.45. The first-order chi connectivity index (χ1) is 7.89. The Kier molecular flexibility index (Phi) is 2.57. The highest BCUT2D eigenvalue weighted by molar-refractivity contribution is 5.89. The summed E-state index contributed by atoms with van der Waals surface area (Å²) in [5.74, 6) is -3.67. The van der Waals surface area contributed by atoms with Gasteiger partial charge in [-0.25, -0.2) is 4.79 Å². The van der Waals surface area contributed by atoms with Crippen LogP contribution in [0.3, 0.4) is 0 Å². The van der Waals surface area contributed by atoms with E-state index in [4.69, 9.17) is 9.84 Å². The summed E-state index contributed by atoms with van der Waals surface area (Å²) in [5.41, 5.74) is -0.0691. The largest absolute Gasteiger partial charge is 0.478 e. The molecule has 2 aliphatic rings. The lowest BCUT2D eigenvalue weighted by Gasteiger charge is -2.24. The zero-order valence-corrected chi connectivity index (χ0v) is 8.36. The first-order valence-electron chi connectivity index (χ1n) is 4.65. The van der Waals surface area contributed by atoms with Gasteiger partial charge in [0.1, 0.15) is 5.92 Å². The lowest BCUT2D eigenvalue weighted by molar-refractivity contribution is -0.159. The molecule has 0 unspecified atom stereocenters. The molecule has 6 heteroatoms. The molecule has 0 aromatic carbocycles. The standard InChI is InChI=1S/C11H7F3O3/c12-11(13,14)9-4-6-1-2-17-5-7(6)3-8(9)10(15)16/h1-5,9H,(H,15,16)/t9-/m0/s1. The number of allylic oxidation sites excluding steroid dienone is 5. The second kappa shape index (κ2) is 3.80. The van der Waals surface area contributed by atoms with E-state index in [1.54, 1.807) is 0 Å². The van der Waals surface area contributed by atoms with Gasteiger partial charge in [-0.3, -0.25) is 0 Å². The monoisotopic (exact) mass is 244 g/mol. The SMILES string of the molecule is O=C(O)C1=CC2=COC=CC2=C[C@@H]1C(F)(F)F. The van der Waals surface area contributed by atoms with Crippen molar-refractivity contribution in [1.29, 1.82) is 0 Å². The Labute approximate surface area is 94.2 Å². The van der Waals surface area contributed by atoms with E-state index in [2.05, 4.69) is 0 Å². The summed E-state index contributed by atoms with van der Waals surface area (Å²) >= 11 is 0. The van der Waals surface area contributed by atoms with Crippen molar-refractivity contribution in [2.75, 3.05) is 0 Å². The molecule has 0 spiro atoms. The molecule has 0 aromatic rings. The molecule has 0 radical (unpaired) electrons. The van der Waals surface area contributed by atoms with E-state index >= 15 is 0 Å². The predicted molar refractivity (Wildman–Crippen MR) is 51.7 cm³/mol. The summed E-state index contributed by atoms with van der Waals surface area (Å²) in [4.78, 5) is 10.8. The fraction of sp³-hybridized carbons (Fsp3) is 0.182. The van der Waals surface area contributed by atoms with Crippen LogP contribution in [-0.4, -0.2) is 17.3 Å². The molecule has 17 heavy (non-hydrogen) atoms. The molecular weight excluding hydrogens is 237 g/mol. The van der Waals surface area contributed by atoms with Gasteiger partial charge in [0.15, 0.2) is 0 Å². The maximum Gasteiger partial charge on any atom is 0.399 e. The van der Waals surface area contributed by atoms with Crippen molar-refractivity contribution in [2.45, 2.75) is 6.18 Å². The highest BCUT2D eigenvalue weighted by Crippen LogP contribution is 2.39. The molecule has 0 bridgehead atoms. The van der Waals surface area contributed by atoms with Crippen molar-refractivity contribution in [3.63, 3.8) is 0 Å². The van der Waals surface area contributed by atoms with Gasteiger partial charge >= 0.3 is 12.1 Å². The number of fused-ring (bicyclic) bond motifs is 1. The van der Waals surface area contributed by atoms with Crippen molar-refractivity contribution < 1.29 is 27.8 Å². The number of alkyl halides is 3. The summed E-state index contributed by atoms with van der Waals surface area (Å²) in [6.45, 7) is 0. The van der Waals surface area contributed by atoms with Crippen molar-refractivity contribution >= 4 is 5.97 Å². The maximum atomic E-state index is 12.7. The maximum absolute atomic E-state index is 12.7. The average molecular weight is 244 g/mol. The minimum absolute atomic E-state index is 0.309. The molecule has 1 atom stereocenters. The summed E-state index contributed by atoms with van der Waals surface area (Å²) in [6, 6.07) is 0. The van der Waals surface area contributed by atoms with Gasteiger partial charge in [0.2, 0.25) is 0 Å². The number of carboxylic acid groups (broad SMARTS) is 1. The lowest BCUT2D eigenvalue weighted by Crippen LogP contribution is -2.29. The minimum Gasteiger partial charge on any atom is -0.478 e. The Balaban J connectivity index is 2.48. The van der Waals surface area contributed by atoms with Crippen LogP contribution in [0.4, 0.5) is 13.2 Å². The molecule has 1 aliphatic carbocycles. The van der Waals surface area contributed by atoms with Crippen LogP contribution in [0.1, 0.15) is 0 Å². The van der Waals surface area contributed by atoms with Crippen LogP contribution >= 0.6 is 0 Å². The highest BCUT2D eigenvalue weighted by Gasteiger charge is 2.44.